The average molecular weight is 183 g/mol. The van der Waals surface area contributed by atoms with E-state index in [1.165, 1.54) is 12.1 Å². The van der Waals surface area contributed by atoms with Gasteiger partial charge in [0.25, 0.3) is 0 Å². The predicted octanol–water partition coefficient (Wildman–Crippen LogP) is 1.94. The first-order chi connectivity index (χ1) is 6.26. The van der Waals surface area contributed by atoms with Crippen molar-refractivity contribution < 1.29 is 9.13 Å². The van der Waals surface area contributed by atoms with Crippen LogP contribution < -0.4 is 10.5 Å². The molecular weight excluding hydrogens is 169 g/mol. The van der Waals surface area contributed by atoms with E-state index in [0.29, 0.717) is 12.3 Å². The van der Waals surface area contributed by atoms with Gasteiger partial charge in [0.15, 0.2) is 0 Å². The van der Waals surface area contributed by atoms with Crippen molar-refractivity contribution in [1.29, 1.82) is 0 Å². The first-order valence-electron chi connectivity index (χ1n) is 4.38. The molecule has 0 saturated carbocycles. The Labute approximate surface area is 77.5 Å². The molecule has 0 unspecified atom stereocenters. The Bertz CT molecular complexity index is 261. The molecule has 3 heteroatoms. The van der Waals surface area contributed by atoms with Crippen molar-refractivity contribution in [3.05, 3.63) is 30.1 Å². The second-order valence-electron chi connectivity index (χ2n) is 2.84. The third-order valence-electron chi connectivity index (χ3n) is 1.82. The summed E-state index contributed by atoms with van der Waals surface area (Å²) in [5.74, 6) is 0.252. The van der Waals surface area contributed by atoms with Crippen molar-refractivity contribution in [3.63, 3.8) is 0 Å². The summed E-state index contributed by atoms with van der Waals surface area (Å²) in [6, 6.07) is 6.09. The van der Waals surface area contributed by atoms with Crippen molar-refractivity contribution in [2.75, 3.05) is 6.54 Å². The fraction of sp³-hybridized carbons (Fsp3) is 0.400. The summed E-state index contributed by atoms with van der Waals surface area (Å²) < 4.78 is 18.1. The summed E-state index contributed by atoms with van der Waals surface area (Å²) in [5, 5.41) is 0. The van der Waals surface area contributed by atoms with Crippen LogP contribution in [-0.4, -0.2) is 12.6 Å². The number of hydrogen-bond acceptors (Lipinski definition) is 2. The van der Waals surface area contributed by atoms with Gasteiger partial charge in [0, 0.05) is 12.6 Å². The number of ether oxygens (including phenoxy) is 1. The molecule has 0 aliphatic rings. The van der Waals surface area contributed by atoms with Crippen molar-refractivity contribution in [2.45, 2.75) is 19.4 Å². The zero-order valence-electron chi connectivity index (χ0n) is 7.66. The number of rotatable bonds is 4. The van der Waals surface area contributed by atoms with E-state index >= 15 is 0 Å². The molecule has 1 aromatic carbocycles. The molecule has 0 spiro atoms. The molecule has 0 radical (unpaired) electrons. The maximum atomic E-state index is 12.7. The lowest BCUT2D eigenvalue weighted by molar-refractivity contribution is 0.204. The minimum atomic E-state index is -0.288. The van der Waals surface area contributed by atoms with Crippen LogP contribution in [0.4, 0.5) is 4.39 Å². The van der Waals surface area contributed by atoms with Crippen LogP contribution in [-0.2, 0) is 0 Å². The molecule has 0 aliphatic heterocycles. The summed E-state index contributed by atoms with van der Waals surface area (Å²) in [4.78, 5) is 0. The van der Waals surface area contributed by atoms with Crippen LogP contribution in [0.1, 0.15) is 13.3 Å². The van der Waals surface area contributed by atoms with Crippen LogP contribution in [0.15, 0.2) is 24.3 Å². The van der Waals surface area contributed by atoms with Crippen molar-refractivity contribution in [2.24, 2.45) is 5.73 Å². The van der Waals surface area contributed by atoms with Gasteiger partial charge in [0.2, 0.25) is 0 Å². The molecule has 0 aliphatic carbocycles. The molecular formula is C10H14FNO. The molecule has 0 heterocycles. The zero-order valence-corrected chi connectivity index (χ0v) is 7.66. The first kappa shape index (κ1) is 9.99. The molecule has 72 valence electrons. The smallest absolute Gasteiger partial charge is 0.126 e. The number of benzene rings is 1. The number of hydrogen-bond donors (Lipinski definition) is 1. The van der Waals surface area contributed by atoms with E-state index in [1.54, 1.807) is 12.1 Å². The van der Waals surface area contributed by atoms with Gasteiger partial charge in [-0.3, -0.25) is 0 Å². The average Bonchev–Trinajstić information content (AvgIpc) is 2.14. The number of halogens is 1. The standard InChI is InChI=1S/C10H14FNO/c1-2-9(7-12)13-10-5-3-4-8(11)6-10/h3-6,9H,2,7,12H2,1H3/t9-/m1/s1. The van der Waals surface area contributed by atoms with Crippen LogP contribution in [0, 0.1) is 5.82 Å². The van der Waals surface area contributed by atoms with Gasteiger partial charge < -0.3 is 10.5 Å². The van der Waals surface area contributed by atoms with Crippen LogP contribution in [0.25, 0.3) is 0 Å². The Morgan fingerprint density at radius 2 is 2.31 bits per heavy atom. The van der Waals surface area contributed by atoms with E-state index in [4.69, 9.17) is 10.5 Å². The third kappa shape index (κ3) is 3.03. The maximum Gasteiger partial charge on any atom is 0.126 e. The van der Waals surface area contributed by atoms with Crippen LogP contribution >= 0.6 is 0 Å². The SMILES string of the molecule is CC[C@H](CN)Oc1cccc(F)c1. The highest BCUT2D eigenvalue weighted by Crippen LogP contribution is 2.14. The topological polar surface area (TPSA) is 35.2 Å². The minimum absolute atomic E-state index is 0.0261. The predicted molar refractivity (Wildman–Crippen MR) is 50.2 cm³/mol. The quantitative estimate of drug-likeness (QED) is 0.774. The third-order valence-corrected chi connectivity index (χ3v) is 1.82. The Kier molecular flexibility index (Phi) is 3.71. The van der Waals surface area contributed by atoms with Crippen molar-refractivity contribution >= 4 is 0 Å². The molecule has 2 nitrogen and oxygen atoms in total. The van der Waals surface area contributed by atoms with Gasteiger partial charge in [-0.05, 0) is 18.6 Å². The molecule has 0 amide bonds. The summed E-state index contributed by atoms with van der Waals surface area (Å²) in [6.07, 6.45) is 0.800. The van der Waals surface area contributed by atoms with Crippen LogP contribution in [0.3, 0.4) is 0 Å². The van der Waals surface area contributed by atoms with Gasteiger partial charge in [-0.1, -0.05) is 13.0 Å². The molecule has 1 atom stereocenters. The molecule has 13 heavy (non-hydrogen) atoms. The van der Waals surface area contributed by atoms with Crippen LogP contribution in [0.5, 0.6) is 5.75 Å². The molecule has 0 fully saturated rings. The molecule has 1 aromatic rings. The summed E-state index contributed by atoms with van der Waals surface area (Å²) in [5.41, 5.74) is 5.45. The minimum Gasteiger partial charge on any atom is -0.489 e. The highest BCUT2D eigenvalue weighted by Gasteiger charge is 2.05. The van der Waals surface area contributed by atoms with Gasteiger partial charge in [-0.15, -0.1) is 0 Å². The molecule has 0 bridgehead atoms. The van der Waals surface area contributed by atoms with E-state index in [9.17, 15) is 4.39 Å². The van der Waals surface area contributed by atoms with Gasteiger partial charge >= 0.3 is 0 Å². The largest absolute Gasteiger partial charge is 0.489 e. The van der Waals surface area contributed by atoms with Gasteiger partial charge in [-0.25, -0.2) is 4.39 Å². The maximum absolute atomic E-state index is 12.7. The Morgan fingerprint density at radius 1 is 1.54 bits per heavy atom. The zero-order chi connectivity index (χ0) is 9.68. The van der Waals surface area contributed by atoms with Gasteiger partial charge in [-0.2, -0.15) is 0 Å². The van der Waals surface area contributed by atoms with Gasteiger partial charge in [0.05, 0.1) is 0 Å². The molecule has 0 saturated heterocycles. The van der Waals surface area contributed by atoms with E-state index in [-0.39, 0.29) is 11.9 Å². The Balaban J connectivity index is 2.62. The monoisotopic (exact) mass is 183 g/mol. The van der Waals surface area contributed by atoms with Crippen molar-refractivity contribution in [1.82, 2.24) is 0 Å². The Morgan fingerprint density at radius 3 is 2.85 bits per heavy atom. The molecule has 2 N–H and O–H groups in total. The lowest BCUT2D eigenvalue weighted by Crippen LogP contribution is -2.25. The van der Waals surface area contributed by atoms with E-state index in [2.05, 4.69) is 0 Å². The fourth-order valence-electron chi connectivity index (χ4n) is 1.03. The second-order valence-corrected chi connectivity index (χ2v) is 2.84. The summed E-state index contributed by atoms with van der Waals surface area (Å²) >= 11 is 0. The van der Waals surface area contributed by atoms with Gasteiger partial charge in [0.1, 0.15) is 17.7 Å². The molecule has 0 aromatic heterocycles. The van der Waals surface area contributed by atoms with E-state index in [1.807, 2.05) is 6.92 Å². The first-order valence-corrected chi connectivity index (χ1v) is 4.38. The summed E-state index contributed by atoms with van der Waals surface area (Å²) in [7, 11) is 0. The Hall–Kier alpha value is -1.09. The summed E-state index contributed by atoms with van der Waals surface area (Å²) in [6.45, 7) is 2.43. The molecule has 1 rings (SSSR count). The lowest BCUT2D eigenvalue weighted by atomic mass is 10.2. The highest BCUT2D eigenvalue weighted by atomic mass is 19.1. The van der Waals surface area contributed by atoms with E-state index in [0.717, 1.165) is 6.42 Å². The highest BCUT2D eigenvalue weighted by molar-refractivity contribution is 5.22. The van der Waals surface area contributed by atoms with Crippen LogP contribution in [0.2, 0.25) is 0 Å². The fourth-order valence-corrected chi connectivity index (χ4v) is 1.03. The second kappa shape index (κ2) is 4.82. The number of nitrogens with two attached hydrogens (primary N) is 1. The van der Waals surface area contributed by atoms with E-state index < -0.39 is 0 Å². The van der Waals surface area contributed by atoms with Crippen molar-refractivity contribution in [3.8, 4) is 5.75 Å². The normalized spacial score (nSPS) is 12.5. The lowest BCUT2D eigenvalue weighted by Gasteiger charge is -2.14.